The molecule has 0 aromatic carbocycles. The van der Waals surface area contributed by atoms with Gasteiger partial charge >= 0.3 is 0 Å². The summed E-state index contributed by atoms with van der Waals surface area (Å²) in [5, 5.41) is 6.40. The maximum Gasteiger partial charge on any atom is 0.275 e. The summed E-state index contributed by atoms with van der Waals surface area (Å²) >= 11 is 0. The van der Waals surface area contributed by atoms with Crippen molar-refractivity contribution in [2.45, 2.75) is 20.8 Å². The third-order valence-corrected chi connectivity index (χ3v) is 3.98. The molecule has 9 nitrogen and oxygen atoms in total. The second-order valence-corrected chi connectivity index (χ2v) is 5.93. The average molecular weight is 344 g/mol. The molecule has 1 aliphatic rings. The number of carbonyl (C=O) groups is 2. The van der Waals surface area contributed by atoms with Crippen molar-refractivity contribution in [3.63, 3.8) is 0 Å². The lowest BCUT2D eigenvalue weighted by molar-refractivity contribution is -0.129. The Bertz CT molecular complexity index is 795. The van der Waals surface area contributed by atoms with E-state index in [1.807, 2.05) is 4.90 Å². The van der Waals surface area contributed by atoms with E-state index in [2.05, 4.69) is 20.4 Å². The monoisotopic (exact) mass is 344 g/mol. The van der Waals surface area contributed by atoms with Crippen LogP contribution in [-0.4, -0.2) is 58.0 Å². The minimum atomic E-state index is -0.373. The molecular weight excluding hydrogens is 324 g/mol. The molecule has 2 amide bonds. The average Bonchev–Trinajstić information content (AvgIpc) is 2.99. The second-order valence-electron chi connectivity index (χ2n) is 5.93. The number of piperazine rings is 1. The minimum Gasteiger partial charge on any atom is -0.360 e. The van der Waals surface area contributed by atoms with E-state index in [1.54, 1.807) is 37.8 Å². The molecule has 3 heterocycles. The summed E-state index contributed by atoms with van der Waals surface area (Å²) in [5.41, 5.74) is 0.261. The van der Waals surface area contributed by atoms with Crippen LogP contribution in [0.25, 0.3) is 0 Å². The highest BCUT2D eigenvalue weighted by Gasteiger charge is 2.21. The molecule has 3 rings (SSSR count). The third-order valence-electron chi connectivity index (χ3n) is 3.98. The van der Waals surface area contributed by atoms with Crippen molar-refractivity contribution in [3.8, 4) is 0 Å². The normalized spacial score (nSPS) is 14.5. The standard InChI is InChI=1S/C16H20N6O3/c1-10-8-14(20-25-10)19-16(24)13-9-15(18-11(2)17-13)22-6-4-21(5-7-22)12(3)23/h8-9H,4-7H2,1-3H3,(H,19,20,24). The van der Waals surface area contributed by atoms with Gasteiger partial charge in [-0.3, -0.25) is 9.59 Å². The number of rotatable bonds is 3. The molecule has 0 atom stereocenters. The van der Waals surface area contributed by atoms with Gasteiger partial charge in [-0.25, -0.2) is 9.97 Å². The highest BCUT2D eigenvalue weighted by atomic mass is 16.5. The zero-order chi connectivity index (χ0) is 18.0. The van der Waals surface area contributed by atoms with Gasteiger partial charge in [0.2, 0.25) is 5.91 Å². The van der Waals surface area contributed by atoms with Crippen molar-refractivity contribution in [2.24, 2.45) is 0 Å². The van der Waals surface area contributed by atoms with Crippen LogP contribution in [0.15, 0.2) is 16.7 Å². The Balaban J connectivity index is 1.74. The van der Waals surface area contributed by atoms with Gasteiger partial charge in [0.05, 0.1) is 0 Å². The Hall–Kier alpha value is -2.97. The summed E-state index contributed by atoms with van der Waals surface area (Å²) in [7, 11) is 0. The van der Waals surface area contributed by atoms with Crippen LogP contribution in [0, 0.1) is 13.8 Å². The molecule has 2 aromatic rings. The Morgan fingerprint density at radius 1 is 1.12 bits per heavy atom. The largest absolute Gasteiger partial charge is 0.360 e. The van der Waals surface area contributed by atoms with Crippen molar-refractivity contribution in [1.29, 1.82) is 0 Å². The fourth-order valence-electron chi connectivity index (χ4n) is 2.69. The second kappa shape index (κ2) is 6.88. The number of aryl methyl sites for hydroxylation is 2. The minimum absolute atomic E-state index is 0.0708. The molecule has 1 fully saturated rings. The quantitative estimate of drug-likeness (QED) is 0.885. The van der Waals surface area contributed by atoms with Crippen LogP contribution in [0.2, 0.25) is 0 Å². The van der Waals surface area contributed by atoms with E-state index in [0.717, 1.165) is 0 Å². The molecule has 132 valence electrons. The highest BCUT2D eigenvalue weighted by molar-refractivity contribution is 6.02. The van der Waals surface area contributed by atoms with E-state index in [9.17, 15) is 9.59 Å². The van der Waals surface area contributed by atoms with Gasteiger partial charge in [0.15, 0.2) is 5.82 Å². The van der Waals surface area contributed by atoms with Crippen LogP contribution in [0.5, 0.6) is 0 Å². The first-order valence-corrected chi connectivity index (χ1v) is 8.03. The number of hydrogen-bond acceptors (Lipinski definition) is 7. The number of anilines is 2. The molecule has 0 radical (unpaired) electrons. The summed E-state index contributed by atoms with van der Waals surface area (Å²) in [5.74, 6) is 1.84. The Kier molecular flexibility index (Phi) is 4.64. The van der Waals surface area contributed by atoms with Gasteiger partial charge < -0.3 is 19.6 Å². The van der Waals surface area contributed by atoms with Gasteiger partial charge in [0.25, 0.3) is 5.91 Å². The summed E-state index contributed by atoms with van der Waals surface area (Å²) < 4.78 is 4.94. The molecule has 1 aliphatic heterocycles. The first-order valence-electron chi connectivity index (χ1n) is 8.03. The molecule has 0 saturated carbocycles. The van der Waals surface area contributed by atoms with Crippen LogP contribution in [0.4, 0.5) is 11.6 Å². The number of carbonyl (C=O) groups excluding carboxylic acids is 2. The molecule has 1 N–H and O–H groups in total. The predicted octanol–water partition coefficient (Wildman–Crippen LogP) is 1.00. The molecular formula is C16H20N6O3. The Morgan fingerprint density at radius 3 is 2.44 bits per heavy atom. The van der Waals surface area contributed by atoms with Gasteiger partial charge in [-0.05, 0) is 13.8 Å². The van der Waals surface area contributed by atoms with E-state index in [0.29, 0.717) is 49.4 Å². The first-order chi connectivity index (χ1) is 11.9. The van der Waals surface area contributed by atoms with E-state index in [4.69, 9.17) is 4.52 Å². The highest BCUT2D eigenvalue weighted by Crippen LogP contribution is 2.17. The number of amides is 2. The van der Waals surface area contributed by atoms with Crippen molar-refractivity contribution in [1.82, 2.24) is 20.0 Å². The maximum absolute atomic E-state index is 12.4. The molecule has 9 heteroatoms. The molecule has 0 bridgehead atoms. The zero-order valence-corrected chi connectivity index (χ0v) is 14.4. The van der Waals surface area contributed by atoms with Crippen molar-refractivity contribution >= 4 is 23.5 Å². The molecule has 0 unspecified atom stereocenters. The molecule has 0 spiro atoms. The third kappa shape index (κ3) is 3.93. The van der Waals surface area contributed by atoms with Crippen molar-refractivity contribution in [3.05, 3.63) is 29.4 Å². The molecule has 1 saturated heterocycles. The van der Waals surface area contributed by atoms with Gasteiger partial charge in [-0.1, -0.05) is 5.16 Å². The SMILES string of the molecule is CC(=O)N1CCN(c2cc(C(=O)Nc3cc(C)on3)nc(C)n2)CC1. The van der Waals surface area contributed by atoms with Gasteiger partial charge in [0.1, 0.15) is 23.1 Å². The first kappa shape index (κ1) is 16.9. The van der Waals surface area contributed by atoms with Gasteiger partial charge in [0, 0.05) is 45.2 Å². The molecule has 2 aromatic heterocycles. The van der Waals surface area contributed by atoms with E-state index in [1.165, 1.54) is 0 Å². The van der Waals surface area contributed by atoms with E-state index < -0.39 is 0 Å². The maximum atomic E-state index is 12.4. The van der Waals surface area contributed by atoms with E-state index >= 15 is 0 Å². The lowest BCUT2D eigenvalue weighted by atomic mass is 10.2. The fourth-order valence-corrected chi connectivity index (χ4v) is 2.69. The number of nitrogens with one attached hydrogen (secondary N) is 1. The van der Waals surface area contributed by atoms with Gasteiger partial charge in [-0.2, -0.15) is 0 Å². The van der Waals surface area contributed by atoms with Crippen LogP contribution < -0.4 is 10.2 Å². The number of nitrogens with zero attached hydrogens (tertiary/aromatic N) is 5. The lowest BCUT2D eigenvalue weighted by Gasteiger charge is -2.35. The van der Waals surface area contributed by atoms with E-state index in [-0.39, 0.29) is 17.5 Å². The zero-order valence-electron chi connectivity index (χ0n) is 14.4. The van der Waals surface area contributed by atoms with Crippen LogP contribution in [0.1, 0.15) is 29.0 Å². The van der Waals surface area contributed by atoms with Crippen LogP contribution in [0.3, 0.4) is 0 Å². The van der Waals surface area contributed by atoms with Crippen LogP contribution in [-0.2, 0) is 4.79 Å². The Labute approximate surface area is 145 Å². The molecule has 0 aliphatic carbocycles. The summed E-state index contributed by atoms with van der Waals surface area (Å²) in [6.07, 6.45) is 0. The topological polar surface area (TPSA) is 104 Å². The smallest absolute Gasteiger partial charge is 0.275 e. The number of hydrogen-bond donors (Lipinski definition) is 1. The van der Waals surface area contributed by atoms with Gasteiger partial charge in [-0.15, -0.1) is 0 Å². The Morgan fingerprint density at radius 2 is 1.84 bits per heavy atom. The summed E-state index contributed by atoms with van der Waals surface area (Å²) in [6.45, 7) is 7.66. The number of aromatic nitrogens is 3. The predicted molar refractivity (Wildman–Crippen MR) is 90.4 cm³/mol. The lowest BCUT2D eigenvalue weighted by Crippen LogP contribution is -2.48. The summed E-state index contributed by atoms with van der Waals surface area (Å²) in [4.78, 5) is 36.3. The van der Waals surface area contributed by atoms with Crippen molar-refractivity contribution < 1.29 is 14.1 Å². The fraction of sp³-hybridized carbons (Fsp3) is 0.438. The molecule has 25 heavy (non-hydrogen) atoms. The summed E-state index contributed by atoms with van der Waals surface area (Å²) in [6, 6.07) is 3.28. The van der Waals surface area contributed by atoms with Crippen molar-refractivity contribution in [2.75, 3.05) is 36.4 Å². The van der Waals surface area contributed by atoms with Crippen LogP contribution >= 0.6 is 0 Å².